The number of aromatic nitrogens is 4. The average molecular weight is 572 g/mol. The maximum atomic E-state index is 14.0. The zero-order valence-electron chi connectivity index (χ0n) is 23.4. The van der Waals surface area contributed by atoms with Crippen molar-refractivity contribution in [3.05, 3.63) is 75.6 Å². The molecule has 2 aliphatic rings. The van der Waals surface area contributed by atoms with Gasteiger partial charge in [0.2, 0.25) is 11.8 Å². The van der Waals surface area contributed by atoms with Gasteiger partial charge in [0.15, 0.2) is 0 Å². The van der Waals surface area contributed by atoms with E-state index >= 15 is 0 Å². The molecule has 0 radical (unpaired) electrons. The number of likely N-dealkylation sites (tertiary alicyclic amines) is 1. The molecule has 3 aromatic heterocycles. The predicted molar refractivity (Wildman–Crippen MR) is 155 cm³/mol. The summed E-state index contributed by atoms with van der Waals surface area (Å²) in [5.41, 5.74) is 8.44. The fourth-order valence-electron chi connectivity index (χ4n) is 5.66. The van der Waals surface area contributed by atoms with Gasteiger partial charge >= 0.3 is 0 Å². The summed E-state index contributed by atoms with van der Waals surface area (Å²) < 4.78 is 6.09. The number of thiazole rings is 1. The van der Waals surface area contributed by atoms with Gasteiger partial charge in [-0.3, -0.25) is 14.5 Å². The van der Waals surface area contributed by atoms with E-state index in [0.29, 0.717) is 36.5 Å². The highest BCUT2D eigenvalue weighted by Crippen LogP contribution is 2.36. The molecule has 4 aromatic rings. The highest BCUT2D eigenvalue weighted by atomic mass is 32.1. The van der Waals surface area contributed by atoms with E-state index in [1.165, 1.54) is 0 Å². The lowest BCUT2D eigenvalue weighted by atomic mass is 9.94. The molecule has 6 rings (SSSR count). The molecule has 41 heavy (non-hydrogen) atoms. The van der Waals surface area contributed by atoms with Crippen LogP contribution in [0.3, 0.4) is 0 Å². The van der Waals surface area contributed by atoms with Crippen molar-refractivity contribution < 1.29 is 14.0 Å². The SMILES string of the molecule is Cc1csc([C@H]2CCCN2C(=O)c2cc(-c3nnc([C@@](C)(N)Cc4ccccc4)o3)nc(N3C(=O)CCC3C)c2)n1. The van der Waals surface area contributed by atoms with Crippen molar-refractivity contribution in [1.29, 1.82) is 0 Å². The molecule has 0 saturated carbocycles. The molecule has 2 fully saturated rings. The molecule has 1 aromatic carbocycles. The van der Waals surface area contributed by atoms with Gasteiger partial charge in [-0.05, 0) is 64.2 Å². The molecule has 2 saturated heterocycles. The maximum absolute atomic E-state index is 14.0. The number of hydrogen-bond acceptors (Lipinski definition) is 9. The Morgan fingerprint density at radius 1 is 1.17 bits per heavy atom. The lowest BCUT2D eigenvalue weighted by Crippen LogP contribution is -2.35. The van der Waals surface area contributed by atoms with Gasteiger partial charge in [-0.15, -0.1) is 21.5 Å². The summed E-state index contributed by atoms with van der Waals surface area (Å²) in [6.45, 7) is 6.41. The molecule has 2 amide bonds. The second kappa shape index (κ2) is 10.8. The topological polar surface area (TPSA) is 131 Å². The van der Waals surface area contributed by atoms with Gasteiger partial charge in [0.05, 0.1) is 11.6 Å². The minimum atomic E-state index is -0.920. The quantitative estimate of drug-likeness (QED) is 0.334. The van der Waals surface area contributed by atoms with Crippen molar-refractivity contribution in [3.63, 3.8) is 0 Å². The number of nitrogens with zero attached hydrogens (tertiary/aromatic N) is 6. The molecule has 0 spiro atoms. The largest absolute Gasteiger partial charge is 0.417 e. The zero-order chi connectivity index (χ0) is 28.7. The van der Waals surface area contributed by atoms with E-state index in [-0.39, 0.29) is 35.7 Å². The van der Waals surface area contributed by atoms with Gasteiger partial charge in [-0.25, -0.2) is 9.97 Å². The van der Waals surface area contributed by atoms with Crippen LogP contribution in [0.5, 0.6) is 0 Å². The molecular weight excluding hydrogens is 538 g/mol. The molecule has 212 valence electrons. The number of carbonyl (C=O) groups excluding carboxylic acids is 2. The predicted octanol–water partition coefficient (Wildman–Crippen LogP) is 4.81. The number of aryl methyl sites for hydroxylation is 1. The van der Waals surface area contributed by atoms with Crippen molar-refractivity contribution in [2.24, 2.45) is 5.73 Å². The van der Waals surface area contributed by atoms with Crippen LogP contribution in [-0.2, 0) is 16.8 Å². The van der Waals surface area contributed by atoms with E-state index in [0.717, 1.165) is 35.5 Å². The summed E-state index contributed by atoms with van der Waals surface area (Å²) in [7, 11) is 0. The Morgan fingerprint density at radius 2 is 1.98 bits per heavy atom. The van der Waals surface area contributed by atoms with Gasteiger partial charge in [-0.1, -0.05) is 30.3 Å². The first-order chi connectivity index (χ1) is 19.7. The van der Waals surface area contributed by atoms with Crippen LogP contribution in [0, 0.1) is 6.92 Å². The highest BCUT2D eigenvalue weighted by Gasteiger charge is 2.36. The highest BCUT2D eigenvalue weighted by molar-refractivity contribution is 7.09. The summed E-state index contributed by atoms with van der Waals surface area (Å²) in [5, 5.41) is 11.5. The molecule has 10 nitrogen and oxygen atoms in total. The van der Waals surface area contributed by atoms with Gasteiger partial charge in [0.1, 0.15) is 16.5 Å². The van der Waals surface area contributed by atoms with E-state index in [2.05, 4.69) is 15.2 Å². The van der Waals surface area contributed by atoms with Crippen LogP contribution in [0.2, 0.25) is 0 Å². The van der Waals surface area contributed by atoms with Crippen LogP contribution in [0.4, 0.5) is 5.82 Å². The Kier molecular flexibility index (Phi) is 7.16. The fraction of sp³-hybridized carbons (Fsp3) is 0.400. The number of amides is 2. The molecule has 5 heterocycles. The molecule has 1 unspecified atom stereocenters. The molecule has 2 aliphatic heterocycles. The van der Waals surface area contributed by atoms with Crippen molar-refractivity contribution in [3.8, 4) is 11.6 Å². The molecule has 3 atom stereocenters. The first-order valence-electron chi connectivity index (χ1n) is 13.9. The average Bonchev–Trinajstić information content (AvgIpc) is 3.76. The number of rotatable bonds is 7. The van der Waals surface area contributed by atoms with Crippen molar-refractivity contribution >= 4 is 29.0 Å². The third-order valence-electron chi connectivity index (χ3n) is 7.77. The first-order valence-corrected chi connectivity index (χ1v) is 14.8. The maximum Gasteiger partial charge on any atom is 0.266 e. The van der Waals surface area contributed by atoms with E-state index in [1.807, 2.05) is 61.4 Å². The van der Waals surface area contributed by atoms with Gasteiger partial charge in [-0.2, -0.15) is 0 Å². The Bertz CT molecular complexity index is 1580. The van der Waals surface area contributed by atoms with Crippen LogP contribution < -0.4 is 10.6 Å². The van der Waals surface area contributed by atoms with Crippen LogP contribution in [-0.4, -0.2) is 49.5 Å². The van der Waals surface area contributed by atoms with E-state index in [1.54, 1.807) is 28.4 Å². The normalized spacial score (nSPS) is 20.5. The van der Waals surface area contributed by atoms with Crippen LogP contribution in [0.25, 0.3) is 11.6 Å². The van der Waals surface area contributed by atoms with Gasteiger partial charge in [0.25, 0.3) is 11.8 Å². The molecule has 11 heteroatoms. The van der Waals surface area contributed by atoms with Crippen molar-refractivity contribution in [2.45, 2.75) is 70.5 Å². The number of benzene rings is 1. The lowest BCUT2D eigenvalue weighted by molar-refractivity contribution is -0.117. The summed E-state index contributed by atoms with van der Waals surface area (Å²) in [6, 6.07) is 13.1. The Morgan fingerprint density at radius 3 is 2.68 bits per heavy atom. The number of anilines is 1. The minimum absolute atomic E-state index is 0.0264. The molecule has 0 aliphatic carbocycles. The molecule has 0 bridgehead atoms. The van der Waals surface area contributed by atoms with Crippen LogP contribution in [0.1, 0.15) is 78.1 Å². The van der Waals surface area contributed by atoms with E-state index in [9.17, 15) is 9.59 Å². The Hall–Kier alpha value is -3.96. The molecule has 2 N–H and O–H groups in total. The standard InChI is InChI=1S/C30H33N7O3S/c1-18-17-41-27(32-18)23-10-7-13-36(23)28(39)21-14-22(33-24(15-21)37-19(2)11-12-25(37)38)26-34-35-29(40-26)30(3,31)16-20-8-5-4-6-9-20/h4-6,8-9,14-15,17,19,23H,7,10-13,16,31H2,1-3H3/t19?,23-,30+/m1/s1. The number of carbonyl (C=O) groups is 2. The summed E-state index contributed by atoms with van der Waals surface area (Å²) in [4.78, 5) is 39.8. The Labute approximate surface area is 242 Å². The Balaban J connectivity index is 1.36. The summed E-state index contributed by atoms with van der Waals surface area (Å²) in [6.07, 6.45) is 3.41. The summed E-state index contributed by atoms with van der Waals surface area (Å²) >= 11 is 1.58. The van der Waals surface area contributed by atoms with E-state index < -0.39 is 5.54 Å². The van der Waals surface area contributed by atoms with E-state index in [4.69, 9.17) is 15.1 Å². The number of hydrogen-bond donors (Lipinski definition) is 1. The second-order valence-corrected chi connectivity index (χ2v) is 12.1. The number of pyridine rings is 1. The first kappa shape index (κ1) is 27.2. The third kappa shape index (κ3) is 5.39. The number of nitrogens with two attached hydrogens (primary N) is 1. The smallest absolute Gasteiger partial charge is 0.266 e. The minimum Gasteiger partial charge on any atom is -0.417 e. The van der Waals surface area contributed by atoms with Gasteiger partial charge < -0.3 is 15.1 Å². The summed E-state index contributed by atoms with van der Waals surface area (Å²) in [5.74, 6) is 0.647. The zero-order valence-corrected chi connectivity index (χ0v) is 24.2. The van der Waals surface area contributed by atoms with Crippen molar-refractivity contribution in [1.82, 2.24) is 25.1 Å². The molecular formula is C30H33N7O3S. The monoisotopic (exact) mass is 571 g/mol. The third-order valence-corrected chi connectivity index (χ3v) is 8.84. The van der Waals surface area contributed by atoms with Crippen molar-refractivity contribution in [2.75, 3.05) is 11.4 Å². The second-order valence-electron chi connectivity index (χ2n) is 11.2. The van der Waals surface area contributed by atoms with Crippen LogP contribution >= 0.6 is 11.3 Å². The lowest BCUT2D eigenvalue weighted by Gasteiger charge is -2.25. The van der Waals surface area contributed by atoms with Gasteiger partial charge in [0, 0.05) is 35.6 Å². The van der Waals surface area contributed by atoms with Crippen LogP contribution in [0.15, 0.2) is 52.3 Å². The fourth-order valence-corrected chi connectivity index (χ4v) is 6.61.